The molecule has 2 rings (SSSR count). The van der Waals surface area contributed by atoms with Crippen molar-refractivity contribution in [2.45, 2.75) is 32.9 Å². The van der Waals surface area contributed by atoms with Crippen LogP contribution in [0.15, 0.2) is 5.38 Å². The van der Waals surface area contributed by atoms with E-state index < -0.39 is 0 Å². The molecule has 15 heavy (non-hydrogen) atoms. The van der Waals surface area contributed by atoms with Crippen LogP contribution in [0.3, 0.4) is 0 Å². The zero-order valence-corrected chi connectivity index (χ0v) is 10.3. The summed E-state index contributed by atoms with van der Waals surface area (Å²) in [5.74, 6) is 0. The van der Waals surface area contributed by atoms with Crippen LogP contribution in [0.4, 0.5) is 0 Å². The molecule has 0 bridgehead atoms. The number of piperazine rings is 1. The van der Waals surface area contributed by atoms with Gasteiger partial charge in [-0.3, -0.25) is 4.90 Å². The van der Waals surface area contributed by atoms with Gasteiger partial charge in [-0.15, -0.1) is 11.3 Å². The van der Waals surface area contributed by atoms with Gasteiger partial charge in [0.25, 0.3) is 0 Å². The van der Waals surface area contributed by atoms with Crippen molar-refractivity contribution in [2.75, 3.05) is 19.6 Å². The van der Waals surface area contributed by atoms with Crippen LogP contribution in [0.25, 0.3) is 0 Å². The van der Waals surface area contributed by atoms with E-state index in [2.05, 4.69) is 34.4 Å². The van der Waals surface area contributed by atoms with Crippen molar-refractivity contribution in [3.63, 3.8) is 0 Å². The van der Waals surface area contributed by atoms with E-state index in [0.717, 1.165) is 31.9 Å². The smallest absolute Gasteiger partial charge is 0.107 e. The van der Waals surface area contributed by atoms with Gasteiger partial charge < -0.3 is 5.32 Å². The van der Waals surface area contributed by atoms with Crippen LogP contribution < -0.4 is 5.32 Å². The van der Waals surface area contributed by atoms with Gasteiger partial charge in [0.1, 0.15) is 5.01 Å². The molecule has 0 saturated carbocycles. The number of nitrogens with one attached hydrogen (secondary N) is 1. The van der Waals surface area contributed by atoms with Crippen LogP contribution >= 0.6 is 11.3 Å². The van der Waals surface area contributed by atoms with Crippen molar-refractivity contribution < 1.29 is 0 Å². The maximum atomic E-state index is 4.51. The largest absolute Gasteiger partial charge is 0.311 e. The molecule has 1 fully saturated rings. The predicted octanol–water partition coefficient (Wildman–Crippen LogP) is 1.64. The first-order valence-corrected chi connectivity index (χ1v) is 6.52. The quantitative estimate of drug-likeness (QED) is 0.847. The van der Waals surface area contributed by atoms with E-state index in [4.69, 9.17) is 0 Å². The van der Waals surface area contributed by atoms with Crippen molar-refractivity contribution in [3.05, 3.63) is 16.1 Å². The zero-order valence-electron chi connectivity index (χ0n) is 9.49. The number of hydrogen-bond donors (Lipinski definition) is 1. The fourth-order valence-electron chi connectivity index (χ4n) is 1.98. The molecule has 1 unspecified atom stereocenters. The molecular formula is C11H19N3S. The summed E-state index contributed by atoms with van der Waals surface area (Å²) in [7, 11) is 0. The highest BCUT2D eigenvalue weighted by molar-refractivity contribution is 7.09. The molecule has 1 aromatic rings. The standard InChI is InChI=1S/C11H19N3S/c1-3-10-6-14(5-4-12-10)7-11-13-9(2)8-15-11/h8,10,12H,3-7H2,1-2H3. The summed E-state index contributed by atoms with van der Waals surface area (Å²) in [6.45, 7) is 8.76. The molecule has 1 saturated heterocycles. The lowest BCUT2D eigenvalue weighted by molar-refractivity contribution is 0.189. The van der Waals surface area contributed by atoms with Crippen molar-refractivity contribution in [1.29, 1.82) is 0 Å². The first-order valence-electron chi connectivity index (χ1n) is 5.64. The molecule has 0 aliphatic carbocycles. The Morgan fingerprint density at radius 1 is 1.67 bits per heavy atom. The van der Waals surface area contributed by atoms with Crippen molar-refractivity contribution in [1.82, 2.24) is 15.2 Å². The lowest BCUT2D eigenvalue weighted by atomic mass is 10.1. The molecule has 1 aliphatic rings. The topological polar surface area (TPSA) is 28.2 Å². The van der Waals surface area contributed by atoms with Crippen LogP contribution in [0.2, 0.25) is 0 Å². The summed E-state index contributed by atoms with van der Waals surface area (Å²) in [5, 5.41) is 6.92. The van der Waals surface area contributed by atoms with Gasteiger partial charge in [-0.1, -0.05) is 6.92 Å². The molecule has 0 radical (unpaired) electrons. The Morgan fingerprint density at radius 3 is 3.20 bits per heavy atom. The first kappa shape index (κ1) is 11.0. The Morgan fingerprint density at radius 2 is 2.53 bits per heavy atom. The van der Waals surface area contributed by atoms with E-state index in [1.165, 1.54) is 11.4 Å². The summed E-state index contributed by atoms with van der Waals surface area (Å²) in [6.07, 6.45) is 1.22. The van der Waals surface area contributed by atoms with Gasteiger partial charge in [0.2, 0.25) is 0 Å². The van der Waals surface area contributed by atoms with E-state index >= 15 is 0 Å². The highest BCUT2D eigenvalue weighted by Crippen LogP contribution is 2.13. The van der Waals surface area contributed by atoms with E-state index in [0.29, 0.717) is 6.04 Å². The van der Waals surface area contributed by atoms with Crippen LogP contribution in [0.1, 0.15) is 24.0 Å². The monoisotopic (exact) mass is 225 g/mol. The van der Waals surface area contributed by atoms with Crippen molar-refractivity contribution in [3.8, 4) is 0 Å². The highest BCUT2D eigenvalue weighted by atomic mass is 32.1. The number of nitrogens with zero attached hydrogens (tertiary/aromatic N) is 2. The molecule has 1 atom stereocenters. The maximum absolute atomic E-state index is 4.51. The molecular weight excluding hydrogens is 206 g/mol. The predicted molar refractivity (Wildman–Crippen MR) is 64.2 cm³/mol. The molecule has 0 amide bonds. The maximum Gasteiger partial charge on any atom is 0.107 e. The van der Waals surface area contributed by atoms with Gasteiger partial charge in [0, 0.05) is 36.8 Å². The second-order valence-electron chi connectivity index (χ2n) is 4.18. The molecule has 1 aromatic heterocycles. The third-order valence-corrected chi connectivity index (χ3v) is 3.81. The highest BCUT2D eigenvalue weighted by Gasteiger charge is 2.18. The lowest BCUT2D eigenvalue weighted by Crippen LogP contribution is -2.49. The zero-order chi connectivity index (χ0) is 10.7. The Bertz CT molecular complexity index is 311. The fourth-order valence-corrected chi connectivity index (χ4v) is 2.79. The average Bonchev–Trinajstić information content (AvgIpc) is 2.64. The first-order chi connectivity index (χ1) is 7.28. The van der Waals surface area contributed by atoms with E-state index in [1.54, 1.807) is 11.3 Å². The minimum absolute atomic E-state index is 0.666. The van der Waals surface area contributed by atoms with Crippen molar-refractivity contribution in [2.24, 2.45) is 0 Å². The van der Waals surface area contributed by atoms with Crippen molar-refractivity contribution >= 4 is 11.3 Å². The minimum atomic E-state index is 0.666. The third kappa shape index (κ3) is 3.00. The Hall–Kier alpha value is -0.450. The Labute approximate surface area is 95.5 Å². The van der Waals surface area contributed by atoms with Gasteiger partial charge in [-0.25, -0.2) is 4.98 Å². The van der Waals surface area contributed by atoms with Gasteiger partial charge in [-0.2, -0.15) is 0 Å². The van der Waals surface area contributed by atoms with E-state index in [1.807, 2.05) is 0 Å². The summed E-state index contributed by atoms with van der Waals surface area (Å²) < 4.78 is 0. The summed E-state index contributed by atoms with van der Waals surface area (Å²) in [5.41, 5.74) is 1.15. The van der Waals surface area contributed by atoms with Crippen LogP contribution in [-0.4, -0.2) is 35.6 Å². The Kier molecular flexibility index (Phi) is 3.72. The number of thiazole rings is 1. The molecule has 84 valence electrons. The molecule has 4 heteroatoms. The molecule has 0 aromatic carbocycles. The van der Waals surface area contributed by atoms with Gasteiger partial charge in [0.15, 0.2) is 0 Å². The SMILES string of the molecule is CCC1CN(Cc2nc(C)cs2)CCN1. The average molecular weight is 225 g/mol. The van der Waals surface area contributed by atoms with Gasteiger partial charge >= 0.3 is 0 Å². The molecule has 0 spiro atoms. The number of aryl methyl sites for hydroxylation is 1. The number of aromatic nitrogens is 1. The lowest BCUT2D eigenvalue weighted by Gasteiger charge is -2.32. The number of hydrogen-bond acceptors (Lipinski definition) is 4. The third-order valence-electron chi connectivity index (χ3n) is 2.86. The molecule has 2 heterocycles. The van der Waals surface area contributed by atoms with Crippen LogP contribution in [0.5, 0.6) is 0 Å². The van der Waals surface area contributed by atoms with E-state index in [9.17, 15) is 0 Å². The second-order valence-corrected chi connectivity index (χ2v) is 5.12. The normalized spacial score (nSPS) is 23.2. The van der Waals surface area contributed by atoms with Gasteiger partial charge in [-0.05, 0) is 13.3 Å². The Balaban J connectivity index is 1.88. The fraction of sp³-hybridized carbons (Fsp3) is 0.727. The summed E-state index contributed by atoms with van der Waals surface area (Å²) in [6, 6.07) is 0.666. The number of rotatable bonds is 3. The summed E-state index contributed by atoms with van der Waals surface area (Å²) >= 11 is 1.78. The van der Waals surface area contributed by atoms with E-state index in [-0.39, 0.29) is 0 Å². The molecule has 3 nitrogen and oxygen atoms in total. The second kappa shape index (κ2) is 5.05. The van der Waals surface area contributed by atoms with Crippen LogP contribution in [-0.2, 0) is 6.54 Å². The minimum Gasteiger partial charge on any atom is -0.311 e. The molecule has 1 aliphatic heterocycles. The molecule has 1 N–H and O–H groups in total. The summed E-state index contributed by atoms with van der Waals surface area (Å²) in [4.78, 5) is 7.02. The van der Waals surface area contributed by atoms with Crippen LogP contribution in [0, 0.1) is 6.92 Å². The van der Waals surface area contributed by atoms with Gasteiger partial charge in [0.05, 0.1) is 6.54 Å².